The van der Waals surface area contributed by atoms with Crippen molar-refractivity contribution in [3.8, 4) is 0 Å². The van der Waals surface area contributed by atoms with Gasteiger partial charge in [-0.05, 0) is 37.9 Å². The first-order chi connectivity index (χ1) is 8.95. The lowest BCUT2D eigenvalue weighted by molar-refractivity contribution is 0.407. The third-order valence-corrected chi connectivity index (χ3v) is 5.33. The highest BCUT2D eigenvalue weighted by molar-refractivity contribution is 7.89. The van der Waals surface area contributed by atoms with Gasteiger partial charge >= 0.3 is 0 Å². The normalized spacial score (nSPS) is 24.1. The molecular weight excluding hydrogens is 264 g/mol. The van der Waals surface area contributed by atoms with E-state index in [-0.39, 0.29) is 23.5 Å². The molecule has 7 heteroatoms. The summed E-state index contributed by atoms with van der Waals surface area (Å²) >= 11 is 0. The highest BCUT2D eigenvalue weighted by Crippen LogP contribution is 2.27. The van der Waals surface area contributed by atoms with Gasteiger partial charge in [0.1, 0.15) is 0 Å². The predicted molar refractivity (Wildman–Crippen MR) is 72.1 cm³/mol. The number of benzene rings is 1. The largest absolute Gasteiger partial charge is 0.243 e. The smallest absolute Gasteiger partial charge is 0.207 e. The van der Waals surface area contributed by atoms with E-state index in [1.54, 1.807) is 24.3 Å². The first-order valence-corrected chi connectivity index (χ1v) is 7.52. The first-order valence-electron chi connectivity index (χ1n) is 6.08. The summed E-state index contributed by atoms with van der Waals surface area (Å²) in [6.45, 7) is 3.99. The molecule has 2 atom stereocenters. The lowest BCUT2D eigenvalue weighted by Crippen LogP contribution is -2.34. The molecule has 0 aromatic heterocycles. The van der Waals surface area contributed by atoms with Crippen LogP contribution in [-0.4, -0.2) is 31.4 Å². The van der Waals surface area contributed by atoms with Crippen LogP contribution in [0, 0.1) is 6.92 Å². The highest BCUT2D eigenvalue weighted by Gasteiger charge is 2.37. The minimum absolute atomic E-state index is 0.151. The summed E-state index contributed by atoms with van der Waals surface area (Å²) in [4.78, 5) is 3.04. The lowest BCUT2D eigenvalue weighted by Gasteiger charge is -2.20. The van der Waals surface area contributed by atoms with E-state index < -0.39 is 10.0 Å². The molecule has 0 bridgehead atoms. The van der Waals surface area contributed by atoms with Crippen molar-refractivity contribution in [3.63, 3.8) is 0 Å². The van der Waals surface area contributed by atoms with E-state index in [1.807, 2.05) is 13.8 Å². The van der Waals surface area contributed by atoms with Crippen molar-refractivity contribution < 1.29 is 8.42 Å². The summed E-state index contributed by atoms with van der Waals surface area (Å²) in [5.74, 6) is 0. The van der Waals surface area contributed by atoms with Crippen molar-refractivity contribution in [2.75, 3.05) is 6.54 Å². The van der Waals surface area contributed by atoms with Crippen LogP contribution in [0.4, 0.5) is 0 Å². The average Bonchev–Trinajstić information content (AvgIpc) is 2.72. The molecule has 0 saturated carbocycles. The Morgan fingerprint density at radius 3 is 2.58 bits per heavy atom. The van der Waals surface area contributed by atoms with Gasteiger partial charge < -0.3 is 0 Å². The van der Waals surface area contributed by atoms with Crippen LogP contribution in [0.15, 0.2) is 34.3 Å². The van der Waals surface area contributed by atoms with Crippen LogP contribution in [0.5, 0.6) is 0 Å². The Bertz CT molecular complexity index is 605. The number of rotatable bonds is 3. The molecule has 1 fully saturated rings. The van der Waals surface area contributed by atoms with E-state index in [0.29, 0.717) is 6.42 Å². The summed E-state index contributed by atoms with van der Waals surface area (Å²) in [6.07, 6.45) is 0.565. The third kappa shape index (κ3) is 2.73. The Kier molecular flexibility index (Phi) is 3.80. The molecular formula is C12H16N4O2S. The van der Waals surface area contributed by atoms with Gasteiger partial charge in [-0.2, -0.15) is 4.31 Å². The molecule has 0 unspecified atom stereocenters. The fourth-order valence-electron chi connectivity index (χ4n) is 2.31. The zero-order valence-corrected chi connectivity index (χ0v) is 11.7. The van der Waals surface area contributed by atoms with E-state index in [9.17, 15) is 8.42 Å². The SMILES string of the molecule is Cc1ccc(S(=O)(=O)N2C[C@H](N=[N+]=[N-])C[C@H]2C)cc1. The summed E-state index contributed by atoms with van der Waals surface area (Å²) in [5, 5.41) is 3.62. The van der Waals surface area contributed by atoms with Gasteiger partial charge in [-0.3, -0.25) is 0 Å². The summed E-state index contributed by atoms with van der Waals surface area (Å²) in [6, 6.07) is 6.34. The van der Waals surface area contributed by atoms with Crippen LogP contribution >= 0.6 is 0 Å². The standard InChI is InChI=1S/C12H16N4O2S/c1-9-3-5-12(6-4-9)19(17,18)16-8-11(14-15-13)7-10(16)2/h3-6,10-11H,7-8H2,1-2H3/t10-,11-/m1/s1. The Hall–Kier alpha value is -1.56. The first kappa shape index (κ1) is 13.9. The second-order valence-corrected chi connectivity index (χ2v) is 6.72. The number of hydrogen-bond donors (Lipinski definition) is 0. The number of hydrogen-bond acceptors (Lipinski definition) is 3. The lowest BCUT2D eigenvalue weighted by atomic mass is 10.2. The summed E-state index contributed by atoms with van der Waals surface area (Å²) < 4.78 is 26.4. The molecule has 2 rings (SSSR count). The fourth-order valence-corrected chi connectivity index (χ4v) is 3.99. The van der Waals surface area contributed by atoms with Crippen molar-refractivity contribution in [3.05, 3.63) is 40.3 Å². The van der Waals surface area contributed by atoms with Crippen LogP contribution in [0.3, 0.4) is 0 Å². The average molecular weight is 280 g/mol. The van der Waals surface area contributed by atoms with E-state index in [0.717, 1.165) is 5.56 Å². The van der Waals surface area contributed by atoms with Crippen molar-refractivity contribution >= 4 is 10.0 Å². The minimum Gasteiger partial charge on any atom is -0.207 e. The minimum atomic E-state index is -3.51. The molecule has 1 saturated heterocycles. The van der Waals surface area contributed by atoms with Crippen molar-refractivity contribution in [1.29, 1.82) is 0 Å². The van der Waals surface area contributed by atoms with Gasteiger partial charge in [0.25, 0.3) is 0 Å². The molecule has 0 spiro atoms. The molecule has 19 heavy (non-hydrogen) atoms. The van der Waals surface area contributed by atoms with Gasteiger partial charge in [-0.1, -0.05) is 22.8 Å². The van der Waals surface area contributed by atoms with Crippen molar-refractivity contribution in [2.45, 2.75) is 37.2 Å². The maximum Gasteiger partial charge on any atom is 0.243 e. The molecule has 0 radical (unpaired) electrons. The van der Waals surface area contributed by atoms with Crippen LogP contribution in [0.25, 0.3) is 10.4 Å². The molecule has 0 aliphatic carbocycles. The monoisotopic (exact) mass is 280 g/mol. The number of azide groups is 1. The number of nitrogens with zero attached hydrogens (tertiary/aromatic N) is 4. The molecule has 102 valence electrons. The molecule has 1 aromatic rings. The van der Waals surface area contributed by atoms with Crippen LogP contribution in [-0.2, 0) is 10.0 Å². The summed E-state index contributed by atoms with van der Waals surface area (Å²) in [5.41, 5.74) is 9.45. The topological polar surface area (TPSA) is 86.1 Å². The predicted octanol–water partition coefficient (Wildman–Crippen LogP) is 2.46. The van der Waals surface area contributed by atoms with Gasteiger partial charge in [-0.15, -0.1) is 0 Å². The quantitative estimate of drug-likeness (QED) is 0.484. The fraction of sp³-hybridized carbons (Fsp3) is 0.500. The summed E-state index contributed by atoms with van der Waals surface area (Å²) in [7, 11) is -3.51. The van der Waals surface area contributed by atoms with Gasteiger partial charge in [0.05, 0.1) is 10.9 Å². The maximum absolute atomic E-state index is 12.5. The van der Waals surface area contributed by atoms with Gasteiger partial charge in [0, 0.05) is 17.5 Å². The van der Waals surface area contributed by atoms with Gasteiger partial charge in [0.15, 0.2) is 0 Å². The second-order valence-electron chi connectivity index (χ2n) is 4.83. The number of aryl methyl sites for hydroxylation is 1. The Balaban J connectivity index is 2.30. The zero-order valence-electron chi connectivity index (χ0n) is 10.9. The van der Waals surface area contributed by atoms with Crippen molar-refractivity contribution in [2.24, 2.45) is 5.11 Å². The molecule has 1 aliphatic rings. The van der Waals surface area contributed by atoms with Crippen molar-refractivity contribution in [1.82, 2.24) is 4.31 Å². The third-order valence-electron chi connectivity index (χ3n) is 3.34. The van der Waals surface area contributed by atoms with Crippen LogP contribution in [0.2, 0.25) is 0 Å². The number of sulfonamides is 1. The zero-order chi connectivity index (χ0) is 14.0. The molecule has 6 nitrogen and oxygen atoms in total. The van der Waals surface area contributed by atoms with E-state index in [4.69, 9.17) is 5.53 Å². The molecule has 1 aromatic carbocycles. The van der Waals surface area contributed by atoms with E-state index >= 15 is 0 Å². The van der Waals surface area contributed by atoms with Crippen LogP contribution in [0.1, 0.15) is 18.9 Å². The van der Waals surface area contributed by atoms with E-state index in [1.165, 1.54) is 4.31 Å². The Labute approximate surface area is 112 Å². The van der Waals surface area contributed by atoms with Gasteiger partial charge in [-0.25, -0.2) is 8.42 Å². The highest BCUT2D eigenvalue weighted by atomic mass is 32.2. The van der Waals surface area contributed by atoms with Crippen LogP contribution < -0.4 is 0 Å². The van der Waals surface area contributed by atoms with E-state index in [2.05, 4.69) is 10.0 Å². The van der Waals surface area contributed by atoms with Gasteiger partial charge in [0.2, 0.25) is 10.0 Å². The molecule has 0 amide bonds. The Morgan fingerprint density at radius 2 is 2.00 bits per heavy atom. The Morgan fingerprint density at radius 1 is 1.37 bits per heavy atom. The molecule has 1 heterocycles. The molecule has 0 N–H and O–H groups in total. The molecule has 1 aliphatic heterocycles. The maximum atomic E-state index is 12.5. The second kappa shape index (κ2) is 5.21.